The lowest BCUT2D eigenvalue weighted by atomic mass is 10.4. The molecule has 24 heavy (non-hydrogen) atoms. The molecule has 0 radical (unpaired) electrons. The average molecular weight is 358 g/mol. The maximum absolute atomic E-state index is 5.10. The van der Waals surface area contributed by atoms with Crippen molar-refractivity contribution in [2.75, 3.05) is 12.4 Å². The molecule has 1 N–H and O–H groups in total. The van der Waals surface area contributed by atoms with Gasteiger partial charge in [-0.3, -0.25) is 4.40 Å². The third-order valence-corrected chi connectivity index (χ3v) is 4.89. The summed E-state index contributed by atoms with van der Waals surface area (Å²) in [6.07, 6.45) is 5.58. The van der Waals surface area contributed by atoms with E-state index in [0.717, 1.165) is 32.7 Å². The van der Waals surface area contributed by atoms with E-state index in [1.54, 1.807) is 24.6 Å². The molecule has 0 spiro atoms. The fourth-order valence-electron chi connectivity index (χ4n) is 2.40. The van der Waals surface area contributed by atoms with E-state index >= 15 is 0 Å². The molecular formula is C15H14N6OS2. The Hall–Kier alpha value is -2.36. The smallest absolute Gasteiger partial charge is 0.181 e. The largest absolute Gasteiger partial charge is 0.378 e. The van der Waals surface area contributed by atoms with Crippen molar-refractivity contribution >= 4 is 39.3 Å². The number of hydrogen-bond acceptors (Lipinski definition) is 8. The number of aryl methyl sites for hydroxylation is 1. The Kier molecular flexibility index (Phi) is 3.97. The van der Waals surface area contributed by atoms with Crippen LogP contribution in [0.1, 0.15) is 11.4 Å². The molecule has 122 valence electrons. The van der Waals surface area contributed by atoms with Gasteiger partial charge in [-0.25, -0.2) is 15.0 Å². The molecule has 0 saturated carbocycles. The molecule has 4 aromatic heterocycles. The zero-order valence-electron chi connectivity index (χ0n) is 13.1. The number of nitrogens with zero attached hydrogens (tertiary/aromatic N) is 5. The molecule has 0 aliphatic carbocycles. The van der Waals surface area contributed by atoms with Gasteiger partial charge >= 0.3 is 0 Å². The van der Waals surface area contributed by atoms with E-state index in [2.05, 4.69) is 24.6 Å². The number of anilines is 2. The molecule has 4 heterocycles. The minimum Gasteiger partial charge on any atom is -0.378 e. The normalized spacial score (nSPS) is 11.2. The van der Waals surface area contributed by atoms with Gasteiger partial charge in [0.05, 0.1) is 24.2 Å². The number of hydrogen-bond donors (Lipinski definition) is 1. The lowest BCUT2D eigenvalue weighted by Gasteiger charge is -2.07. The van der Waals surface area contributed by atoms with Crippen molar-refractivity contribution in [2.45, 2.75) is 13.5 Å². The molecule has 4 rings (SSSR count). The highest BCUT2D eigenvalue weighted by atomic mass is 32.1. The van der Waals surface area contributed by atoms with Crippen LogP contribution >= 0.6 is 22.9 Å². The first-order chi connectivity index (χ1) is 11.7. The fourth-order valence-corrected chi connectivity index (χ4v) is 3.70. The number of methoxy groups -OCH3 is 1. The van der Waals surface area contributed by atoms with E-state index in [0.29, 0.717) is 12.4 Å². The third kappa shape index (κ3) is 2.77. The van der Waals surface area contributed by atoms with Crippen LogP contribution in [0.25, 0.3) is 16.3 Å². The molecule has 0 fully saturated rings. The van der Waals surface area contributed by atoms with E-state index in [-0.39, 0.29) is 0 Å². The van der Waals surface area contributed by atoms with Gasteiger partial charge in [-0.1, -0.05) is 0 Å². The van der Waals surface area contributed by atoms with Gasteiger partial charge in [0.15, 0.2) is 11.5 Å². The van der Waals surface area contributed by atoms with E-state index in [1.165, 1.54) is 11.5 Å². The summed E-state index contributed by atoms with van der Waals surface area (Å²) in [6.45, 7) is 2.45. The number of thiazole rings is 1. The maximum atomic E-state index is 5.10. The minimum atomic E-state index is 0.492. The fraction of sp³-hybridized carbons (Fsp3) is 0.200. The summed E-state index contributed by atoms with van der Waals surface area (Å²) in [5.74, 6) is 0.699. The van der Waals surface area contributed by atoms with Gasteiger partial charge in [0.2, 0.25) is 0 Å². The molecule has 0 aromatic carbocycles. The van der Waals surface area contributed by atoms with Crippen molar-refractivity contribution in [3.63, 3.8) is 0 Å². The second-order valence-electron chi connectivity index (χ2n) is 5.15. The molecule has 0 bridgehead atoms. The number of nitrogens with one attached hydrogen (secondary N) is 1. The van der Waals surface area contributed by atoms with Gasteiger partial charge in [-0.05, 0) is 24.5 Å². The average Bonchev–Trinajstić information content (AvgIpc) is 3.27. The molecule has 4 aromatic rings. The van der Waals surface area contributed by atoms with Crippen LogP contribution in [0.5, 0.6) is 0 Å². The predicted octanol–water partition coefficient (Wildman–Crippen LogP) is 3.51. The predicted molar refractivity (Wildman–Crippen MR) is 94.9 cm³/mol. The summed E-state index contributed by atoms with van der Waals surface area (Å²) in [4.78, 5) is 13.5. The van der Waals surface area contributed by atoms with Crippen LogP contribution in [0.15, 0.2) is 30.0 Å². The van der Waals surface area contributed by atoms with Crippen LogP contribution in [0.4, 0.5) is 10.8 Å². The molecule has 9 heteroatoms. The first-order valence-electron chi connectivity index (χ1n) is 7.20. The van der Waals surface area contributed by atoms with Gasteiger partial charge in [-0.2, -0.15) is 4.37 Å². The molecule has 0 aliphatic rings. The summed E-state index contributed by atoms with van der Waals surface area (Å²) < 4.78 is 11.5. The zero-order chi connectivity index (χ0) is 16.5. The van der Waals surface area contributed by atoms with Crippen LogP contribution in [-0.2, 0) is 11.3 Å². The molecule has 7 nitrogen and oxygen atoms in total. The first-order valence-corrected chi connectivity index (χ1v) is 8.86. The molecule has 0 unspecified atom stereocenters. The van der Waals surface area contributed by atoms with Crippen molar-refractivity contribution in [1.82, 2.24) is 23.7 Å². The highest BCUT2D eigenvalue weighted by molar-refractivity contribution is 7.13. The summed E-state index contributed by atoms with van der Waals surface area (Å²) in [7, 11) is 1.66. The number of aromatic nitrogens is 5. The van der Waals surface area contributed by atoms with E-state index < -0.39 is 0 Å². The monoisotopic (exact) mass is 358 g/mol. The molecule has 0 aliphatic heterocycles. The Morgan fingerprint density at radius 2 is 2.25 bits per heavy atom. The maximum Gasteiger partial charge on any atom is 0.181 e. The van der Waals surface area contributed by atoms with Crippen LogP contribution in [0, 0.1) is 6.92 Å². The van der Waals surface area contributed by atoms with Gasteiger partial charge in [0.25, 0.3) is 0 Å². The van der Waals surface area contributed by atoms with Crippen molar-refractivity contribution in [3.8, 4) is 10.7 Å². The lowest BCUT2D eigenvalue weighted by molar-refractivity contribution is 0.182. The number of ether oxygens (including phenoxy) is 1. The lowest BCUT2D eigenvalue weighted by Crippen LogP contribution is -2.00. The number of imidazole rings is 1. The van der Waals surface area contributed by atoms with Gasteiger partial charge in [0, 0.05) is 24.9 Å². The second kappa shape index (κ2) is 6.27. The highest BCUT2D eigenvalue weighted by Gasteiger charge is 2.14. The van der Waals surface area contributed by atoms with E-state index in [1.807, 2.05) is 35.2 Å². The standard InChI is InChI=1S/C15H14N6OS2/c1-9-7-21-11(15-16-3-4-23-15)6-17-14(21)13(18-9)19-12-5-10(8-22-2)20-24-12/h3-7H,8H2,1-2H3,(H,18,19). The van der Waals surface area contributed by atoms with Crippen LogP contribution in [0.2, 0.25) is 0 Å². The van der Waals surface area contributed by atoms with Crippen LogP contribution in [0.3, 0.4) is 0 Å². The minimum absolute atomic E-state index is 0.492. The van der Waals surface area contributed by atoms with Crippen molar-refractivity contribution in [1.29, 1.82) is 0 Å². The summed E-state index contributed by atoms with van der Waals surface area (Å²) in [5.41, 5.74) is 3.49. The Bertz CT molecular complexity index is 975. The third-order valence-electron chi connectivity index (χ3n) is 3.36. The van der Waals surface area contributed by atoms with Crippen molar-refractivity contribution in [2.24, 2.45) is 0 Å². The summed E-state index contributed by atoms with van der Waals surface area (Å²) in [5, 5.41) is 7.10. The Balaban J connectivity index is 1.75. The second-order valence-corrected chi connectivity index (χ2v) is 6.85. The summed E-state index contributed by atoms with van der Waals surface area (Å²) in [6, 6.07) is 1.96. The van der Waals surface area contributed by atoms with Crippen LogP contribution < -0.4 is 5.32 Å². The van der Waals surface area contributed by atoms with Crippen molar-refractivity contribution < 1.29 is 4.74 Å². The Morgan fingerprint density at radius 3 is 3.04 bits per heavy atom. The van der Waals surface area contributed by atoms with Gasteiger partial charge in [0.1, 0.15) is 15.7 Å². The molecular weight excluding hydrogens is 344 g/mol. The van der Waals surface area contributed by atoms with Gasteiger partial charge < -0.3 is 10.1 Å². The van der Waals surface area contributed by atoms with Crippen molar-refractivity contribution in [3.05, 3.63) is 41.4 Å². The number of fused-ring (bicyclic) bond motifs is 1. The molecule has 0 amide bonds. The SMILES string of the molecule is COCc1cc(Nc2nc(C)cn3c(-c4nccs4)cnc23)sn1. The molecule has 0 atom stereocenters. The Labute approximate surface area is 146 Å². The van der Waals surface area contributed by atoms with Crippen LogP contribution in [-0.4, -0.2) is 30.8 Å². The summed E-state index contributed by atoms with van der Waals surface area (Å²) >= 11 is 2.96. The Morgan fingerprint density at radius 1 is 1.33 bits per heavy atom. The number of rotatable bonds is 5. The van der Waals surface area contributed by atoms with E-state index in [9.17, 15) is 0 Å². The quantitative estimate of drug-likeness (QED) is 0.588. The van der Waals surface area contributed by atoms with Gasteiger partial charge in [-0.15, -0.1) is 11.3 Å². The first kappa shape index (κ1) is 15.2. The molecule has 0 saturated heterocycles. The topological polar surface area (TPSA) is 77.2 Å². The highest BCUT2D eigenvalue weighted by Crippen LogP contribution is 2.28. The van der Waals surface area contributed by atoms with E-state index in [4.69, 9.17) is 4.74 Å². The zero-order valence-corrected chi connectivity index (χ0v) is 14.7.